The lowest BCUT2D eigenvalue weighted by Gasteiger charge is -2.17. The molecule has 1 saturated heterocycles. The Morgan fingerprint density at radius 1 is 1.53 bits per heavy atom. The summed E-state index contributed by atoms with van der Waals surface area (Å²) in [4.78, 5) is 11.4. The number of esters is 1. The molecule has 1 aliphatic rings. The zero-order valence-electron chi connectivity index (χ0n) is 9.72. The summed E-state index contributed by atoms with van der Waals surface area (Å²) in [5, 5.41) is -4.90. The molecule has 1 heterocycles. The second-order valence-corrected chi connectivity index (χ2v) is 6.67. The van der Waals surface area contributed by atoms with Crippen molar-refractivity contribution < 1.29 is 35.7 Å². The van der Waals surface area contributed by atoms with Crippen molar-refractivity contribution in [1.29, 1.82) is 0 Å². The molecule has 1 rings (SSSR count). The molecule has 0 aromatic carbocycles. The third-order valence-electron chi connectivity index (χ3n) is 2.59. The second-order valence-electron chi connectivity index (χ2n) is 4.02. The third-order valence-corrected chi connectivity index (χ3v) is 4.69. The van der Waals surface area contributed by atoms with Gasteiger partial charge in [0.2, 0.25) is 0 Å². The molecule has 112 valence electrons. The minimum atomic E-state index is -5.82. The van der Waals surface area contributed by atoms with E-state index in [1.54, 1.807) is 11.8 Å². The molecule has 0 aliphatic carbocycles. The van der Waals surface area contributed by atoms with Gasteiger partial charge in [0.25, 0.3) is 0 Å². The number of halogens is 3. The van der Waals surface area contributed by atoms with Crippen LogP contribution in [0.3, 0.4) is 0 Å². The molecule has 1 N–H and O–H groups in total. The summed E-state index contributed by atoms with van der Waals surface area (Å²) in [6.07, 6.45) is -3.52. The van der Waals surface area contributed by atoms with Crippen LogP contribution < -0.4 is 0 Å². The maximum absolute atomic E-state index is 13.0. The molecular formula is C9H13F3O5S2. The summed E-state index contributed by atoms with van der Waals surface area (Å²) >= 11 is 1.55. The Kier molecular flexibility index (Phi) is 5.51. The van der Waals surface area contributed by atoms with Crippen LogP contribution in [0.15, 0.2) is 0 Å². The summed E-state index contributed by atoms with van der Waals surface area (Å²) in [6.45, 7) is -0.660. The summed E-state index contributed by atoms with van der Waals surface area (Å²) in [6, 6.07) is 0. The average molecular weight is 322 g/mol. The minimum Gasteiger partial charge on any atom is -0.465 e. The largest absolute Gasteiger partial charge is 0.465 e. The molecule has 2 atom stereocenters. The van der Waals surface area contributed by atoms with Crippen LogP contribution in [0.5, 0.6) is 0 Å². The van der Waals surface area contributed by atoms with Crippen LogP contribution in [0.25, 0.3) is 0 Å². The number of hydrogen-bond acceptors (Lipinski definition) is 5. The van der Waals surface area contributed by atoms with Gasteiger partial charge in [-0.25, -0.2) is 4.39 Å². The molecule has 19 heavy (non-hydrogen) atoms. The predicted molar refractivity (Wildman–Crippen MR) is 62.4 cm³/mol. The highest BCUT2D eigenvalue weighted by atomic mass is 32.2. The fourth-order valence-corrected chi connectivity index (χ4v) is 3.08. The van der Waals surface area contributed by atoms with E-state index in [0.717, 1.165) is 5.75 Å². The van der Waals surface area contributed by atoms with Gasteiger partial charge in [-0.2, -0.15) is 29.0 Å². The van der Waals surface area contributed by atoms with Crippen molar-refractivity contribution in [2.75, 3.05) is 18.1 Å². The molecule has 0 saturated carbocycles. The number of alkyl halides is 3. The van der Waals surface area contributed by atoms with Crippen LogP contribution >= 0.6 is 11.8 Å². The molecule has 0 aromatic rings. The fraction of sp³-hybridized carbons (Fsp3) is 0.889. The van der Waals surface area contributed by atoms with E-state index in [4.69, 9.17) is 4.55 Å². The zero-order chi connectivity index (χ0) is 14.7. The molecule has 2 unspecified atom stereocenters. The monoisotopic (exact) mass is 322 g/mol. The van der Waals surface area contributed by atoms with Gasteiger partial charge in [0.15, 0.2) is 6.17 Å². The molecule has 0 radical (unpaired) electrons. The van der Waals surface area contributed by atoms with E-state index in [1.165, 1.54) is 0 Å². The van der Waals surface area contributed by atoms with Gasteiger partial charge in [-0.05, 0) is 12.2 Å². The number of rotatable bonds is 6. The van der Waals surface area contributed by atoms with Gasteiger partial charge >= 0.3 is 21.3 Å². The number of carbonyl (C=O) groups is 1. The van der Waals surface area contributed by atoms with Crippen molar-refractivity contribution in [3.05, 3.63) is 0 Å². The average Bonchev–Trinajstić information content (AvgIpc) is 2.80. The Labute approximate surface area is 112 Å². The van der Waals surface area contributed by atoms with Gasteiger partial charge in [-0.3, -0.25) is 9.35 Å². The van der Waals surface area contributed by atoms with Crippen LogP contribution in [0.2, 0.25) is 0 Å². The van der Waals surface area contributed by atoms with Crippen LogP contribution in [0, 0.1) is 5.92 Å². The highest BCUT2D eigenvalue weighted by Gasteiger charge is 2.52. The Morgan fingerprint density at radius 2 is 2.16 bits per heavy atom. The van der Waals surface area contributed by atoms with Crippen molar-refractivity contribution >= 4 is 27.8 Å². The van der Waals surface area contributed by atoms with Gasteiger partial charge in [-0.1, -0.05) is 0 Å². The van der Waals surface area contributed by atoms with E-state index in [9.17, 15) is 26.4 Å². The summed E-state index contributed by atoms with van der Waals surface area (Å²) in [7, 11) is -5.82. The standard InChI is InChI=1S/C9H13F3O5S2/c10-7(9(11,12)19(14,15)16)1-3-17-8(13)6-2-4-18-5-6/h6-7H,1-5H2,(H,14,15,16). The van der Waals surface area contributed by atoms with E-state index in [2.05, 4.69) is 4.74 Å². The van der Waals surface area contributed by atoms with E-state index in [1.807, 2.05) is 0 Å². The van der Waals surface area contributed by atoms with Crippen LogP contribution in [0.4, 0.5) is 13.2 Å². The van der Waals surface area contributed by atoms with Crippen molar-refractivity contribution in [3.63, 3.8) is 0 Å². The highest BCUT2D eigenvalue weighted by Crippen LogP contribution is 2.29. The molecule has 0 spiro atoms. The SMILES string of the molecule is O=C(OCCC(F)C(F)(F)S(=O)(=O)O)C1CCSC1. The van der Waals surface area contributed by atoms with Crippen LogP contribution in [-0.4, -0.2) is 48.5 Å². The van der Waals surface area contributed by atoms with Crippen molar-refractivity contribution in [2.24, 2.45) is 5.92 Å². The number of carbonyl (C=O) groups excluding carboxylic acids is 1. The van der Waals surface area contributed by atoms with E-state index < -0.39 is 40.5 Å². The molecule has 0 amide bonds. The van der Waals surface area contributed by atoms with Crippen LogP contribution in [0.1, 0.15) is 12.8 Å². The van der Waals surface area contributed by atoms with E-state index in [0.29, 0.717) is 12.2 Å². The molecular weight excluding hydrogens is 309 g/mol. The Balaban J connectivity index is 2.38. The topological polar surface area (TPSA) is 80.7 Å². The number of ether oxygens (including phenoxy) is 1. The first-order valence-corrected chi connectivity index (χ1v) is 7.99. The van der Waals surface area contributed by atoms with Gasteiger partial charge in [0, 0.05) is 12.2 Å². The molecule has 5 nitrogen and oxygen atoms in total. The first kappa shape index (κ1) is 16.6. The van der Waals surface area contributed by atoms with E-state index in [-0.39, 0.29) is 5.92 Å². The molecule has 0 aromatic heterocycles. The lowest BCUT2D eigenvalue weighted by molar-refractivity contribution is -0.148. The minimum absolute atomic E-state index is 0.329. The van der Waals surface area contributed by atoms with Gasteiger partial charge < -0.3 is 4.74 Å². The van der Waals surface area contributed by atoms with E-state index >= 15 is 0 Å². The van der Waals surface area contributed by atoms with Gasteiger partial charge in [0.1, 0.15) is 0 Å². The second kappa shape index (κ2) is 6.31. The van der Waals surface area contributed by atoms with Crippen LogP contribution in [-0.2, 0) is 19.6 Å². The van der Waals surface area contributed by atoms with Gasteiger partial charge in [0.05, 0.1) is 12.5 Å². The maximum atomic E-state index is 13.0. The predicted octanol–water partition coefficient (Wildman–Crippen LogP) is 1.49. The smallest absolute Gasteiger partial charge is 0.400 e. The summed E-state index contributed by atoms with van der Waals surface area (Å²) in [5.41, 5.74) is 0. The Hall–Kier alpha value is -0.480. The fourth-order valence-electron chi connectivity index (χ4n) is 1.43. The van der Waals surface area contributed by atoms with Crippen molar-refractivity contribution in [3.8, 4) is 0 Å². The Morgan fingerprint density at radius 3 is 2.63 bits per heavy atom. The first-order valence-electron chi connectivity index (χ1n) is 5.39. The van der Waals surface area contributed by atoms with Crippen molar-refractivity contribution in [2.45, 2.75) is 24.3 Å². The Bertz CT molecular complexity index is 420. The zero-order valence-corrected chi connectivity index (χ0v) is 11.4. The maximum Gasteiger partial charge on any atom is 0.400 e. The summed E-state index contributed by atoms with van der Waals surface area (Å²) in [5.74, 6) is 0.434. The molecule has 1 fully saturated rings. The quantitative estimate of drug-likeness (QED) is 0.589. The third kappa shape index (κ3) is 4.25. The summed E-state index contributed by atoms with van der Waals surface area (Å²) < 4.78 is 71.9. The first-order chi connectivity index (χ1) is 8.66. The lowest BCUT2D eigenvalue weighted by atomic mass is 10.1. The number of hydrogen-bond donors (Lipinski definition) is 1. The molecule has 1 aliphatic heterocycles. The molecule has 10 heteroatoms. The van der Waals surface area contributed by atoms with Crippen molar-refractivity contribution in [1.82, 2.24) is 0 Å². The normalized spacial score (nSPS) is 22.2. The number of thioether (sulfide) groups is 1. The lowest BCUT2D eigenvalue weighted by Crippen LogP contribution is -2.39. The highest BCUT2D eigenvalue weighted by molar-refractivity contribution is 7.99. The molecule has 0 bridgehead atoms. The van der Waals surface area contributed by atoms with Gasteiger partial charge in [-0.15, -0.1) is 0 Å².